The van der Waals surface area contributed by atoms with Crippen molar-refractivity contribution in [2.45, 2.75) is 6.42 Å². The van der Waals surface area contributed by atoms with Crippen molar-refractivity contribution in [3.05, 3.63) is 34.3 Å². The molecule has 5 aliphatic rings. The number of carbonyl (C=O) groups excluding carboxylic acids is 2. The monoisotopic (exact) mass is 402 g/mol. The average molecular weight is 403 g/mol. The van der Waals surface area contributed by atoms with Gasteiger partial charge in [-0.1, -0.05) is 12.2 Å². The number of phenols is 2. The lowest BCUT2D eigenvalue weighted by atomic mass is 9.63. The van der Waals surface area contributed by atoms with Crippen LogP contribution >= 0.6 is 15.9 Å². The van der Waals surface area contributed by atoms with Gasteiger partial charge in [0.15, 0.2) is 0 Å². The highest BCUT2D eigenvalue weighted by molar-refractivity contribution is 9.10. The lowest BCUT2D eigenvalue weighted by Gasteiger charge is -2.37. The third kappa shape index (κ3) is 1.99. The first-order valence-electron chi connectivity index (χ1n) is 8.29. The molecule has 0 unspecified atom stereocenters. The van der Waals surface area contributed by atoms with E-state index in [0.29, 0.717) is 21.9 Å². The Hall–Kier alpha value is -2.15. The summed E-state index contributed by atoms with van der Waals surface area (Å²) >= 11 is 3.16. The number of hydrogen-bond acceptors (Lipinski definition) is 5. The minimum Gasteiger partial charge on any atom is -0.507 e. The van der Waals surface area contributed by atoms with Crippen LogP contribution in [0.4, 0.5) is 0 Å². The van der Waals surface area contributed by atoms with Gasteiger partial charge in [-0.25, -0.2) is 0 Å². The van der Waals surface area contributed by atoms with Gasteiger partial charge in [0, 0.05) is 11.6 Å². The molecular weight excluding hydrogens is 388 g/mol. The first kappa shape index (κ1) is 15.1. The normalized spacial score (nSPS) is 37.7. The van der Waals surface area contributed by atoms with Gasteiger partial charge in [0.1, 0.15) is 11.5 Å². The predicted molar refractivity (Wildman–Crippen MR) is 91.6 cm³/mol. The molecule has 6 rings (SSSR count). The zero-order valence-corrected chi connectivity index (χ0v) is 14.6. The fraction of sp³-hybridized carbons (Fsp3) is 0.389. The van der Waals surface area contributed by atoms with Crippen molar-refractivity contribution in [2.75, 3.05) is 0 Å². The van der Waals surface area contributed by atoms with Crippen molar-refractivity contribution in [3.8, 4) is 11.5 Å². The Morgan fingerprint density at radius 3 is 2.24 bits per heavy atom. The van der Waals surface area contributed by atoms with Crippen LogP contribution in [0.2, 0.25) is 0 Å². The largest absolute Gasteiger partial charge is 0.507 e. The van der Waals surface area contributed by atoms with E-state index in [9.17, 15) is 19.8 Å². The standard InChI is InChI=1S/C18H15BrN2O4/c19-12-3-7(13(22)5-14(12)23)6-20-21-17(24)15-8-1-2-9(11-4-10(8)11)16(15)18(21)25/h1-3,5-6,8-11,15-16,22-23H,4H2/b20-6-/t8-,9-,10-,11-,15-,16+/m0/s1. The van der Waals surface area contributed by atoms with Crippen molar-refractivity contribution >= 4 is 34.0 Å². The first-order valence-corrected chi connectivity index (χ1v) is 9.08. The number of imide groups is 1. The predicted octanol–water partition coefficient (Wildman–Crippen LogP) is 2.25. The van der Waals surface area contributed by atoms with E-state index >= 15 is 0 Å². The summed E-state index contributed by atoms with van der Waals surface area (Å²) in [6, 6.07) is 2.66. The zero-order valence-electron chi connectivity index (χ0n) is 13.0. The summed E-state index contributed by atoms with van der Waals surface area (Å²) in [5.41, 5.74) is 0.309. The number of hydrazone groups is 1. The van der Waals surface area contributed by atoms with Crippen LogP contribution in [0, 0.1) is 35.5 Å². The van der Waals surface area contributed by atoms with E-state index in [1.165, 1.54) is 18.3 Å². The molecule has 4 aliphatic carbocycles. The smallest absolute Gasteiger partial charge is 0.254 e. The molecule has 1 aliphatic heterocycles. The van der Waals surface area contributed by atoms with E-state index < -0.39 is 0 Å². The molecule has 3 fully saturated rings. The van der Waals surface area contributed by atoms with E-state index in [0.717, 1.165) is 11.4 Å². The summed E-state index contributed by atoms with van der Waals surface area (Å²) in [4.78, 5) is 25.6. The second-order valence-corrected chi connectivity index (χ2v) is 8.10. The molecule has 2 amide bonds. The van der Waals surface area contributed by atoms with Crippen LogP contribution < -0.4 is 0 Å². The molecule has 1 aromatic rings. The Labute approximate surface area is 152 Å². The number of hydrogen-bond donors (Lipinski definition) is 2. The van der Waals surface area contributed by atoms with Gasteiger partial charge in [-0.3, -0.25) is 9.59 Å². The number of aromatic hydroxyl groups is 2. The number of nitrogens with zero attached hydrogens (tertiary/aromatic N) is 2. The van der Waals surface area contributed by atoms with Crippen LogP contribution in [0.5, 0.6) is 11.5 Å². The minimum atomic E-state index is -0.288. The average Bonchev–Trinajstić information content (AvgIpc) is 3.36. The highest BCUT2D eigenvalue weighted by Gasteiger charge is 2.67. The van der Waals surface area contributed by atoms with Crippen LogP contribution in [0.25, 0.3) is 0 Å². The first-order chi connectivity index (χ1) is 12.0. The van der Waals surface area contributed by atoms with Gasteiger partial charge in [-0.05, 0) is 52.1 Å². The third-order valence-electron chi connectivity index (χ3n) is 6.05. The maximum absolute atomic E-state index is 12.8. The van der Waals surface area contributed by atoms with Crippen molar-refractivity contribution in [2.24, 2.45) is 40.6 Å². The second-order valence-electron chi connectivity index (χ2n) is 7.25. The van der Waals surface area contributed by atoms with Crippen LogP contribution in [0.3, 0.4) is 0 Å². The molecule has 0 spiro atoms. The van der Waals surface area contributed by atoms with E-state index in [1.807, 2.05) is 0 Å². The molecule has 25 heavy (non-hydrogen) atoms. The van der Waals surface area contributed by atoms with Crippen LogP contribution in [0.1, 0.15) is 12.0 Å². The van der Waals surface area contributed by atoms with Crippen LogP contribution in [-0.4, -0.2) is 33.3 Å². The number of rotatable bonds is 2. The number of halogens is 1. The topological polar surface area (TPSA) is 90.2 Å². The van der Waals surface area contributed by atoms with E-state index in [-0.39, 0.29) is 47.0 Å². The molecule has 0 aromatic heterocycles. The van der Waals surface area contributed by atoms with Crippen molar-refractivity contribution < 1.29 is 19.8 Å². The number of benzene rings is 1. The van der Waals surface area contributed by atoms with Gasteiger partial charge in [0.2, 0.25) is 0 Å². The van der Waals surface area contributed by atoms with Gasteiger partial charge in [0.05, 0.1) is 22.5 Å². The van der Waals surface area contributed by atoms with E-state index in [4.69, 9.17) is 0 Å². The maximum Gasteiger partial charge on any atom is 0.254 e. The van der Waals surface area contributed by atoms with E-state index in [2.05, 4.69) is 33.2 Å². The second kappa shape index (κ2) is 4.94. The lowest BCUT2D eigenvalue weighted by Crippen LogP contribution is -2.40. The van der Waals surface area contributed by atoms with Crippen LogP contribution in [0.15, 0.2) is 33.9 Å². The molecule has 128 valence electrons. The Morgan fingerprint density at radius 2 is 1.64 bits per heavy atom. The summed E-state index contributed by atoms with van der Waals surface area (Å²) in [6.45, 7) is 0. The number of phenolic OH excluding ortho intramolecular Hbond substituents is 2. The maximum atomic E-state index is 12.8. The van der Waals surface area contributed by atoms with Gasteiger partial charge in [-0.15, -0.1) is 0 Å². The Bertz CT molecular complexity index is 844. The molecule has 2 saturated carbocycles. The molecule has 1 saturated heterocycles. The molecule has 6 atom stereocenters. The van der Waals surface area contributed by atoms with Gasteiger partial charge in [-0.2, -0.15) is 10.1 Å². The summed E-state index contributed by atoms with van der Waals surface area (Å²) in [6.07, 6.45) is 6.62. The molecule has 2 bridgehead atoms. The quantitative estimate of drug-likeness (QED) is 0.450. The Morgan fingerprint density at radius 1 is 1.04 bits per heavy atom. The molecular formula is C18H15BrN2O4. The van der Waals surface area contributed by atoms with Gasteiger partial charge in [0.25, 0.3) is 11.8 Å². The van der Waals surface area contributed by atoms with Crippen molar-refractivity contribution in [3.63, 3.8) is 0 Å². The number of allylic oxidation sites excluding steroid dienone is 2. The Balaban J connectivity index is 1.46. The summed E-state index contributed by atoms with van der Waals surface area (Å²) in [5.74, 6) is 0.0808. The number of carbonyl (C=O) groups is 2. The fourth-order valence-electron chi connectivity index (χ4n) is 4.84. The van der Waals surface area contributed by atoms with E-state index in [1.54, 1.807) is 0 Å². The fourth-order valence-corrected chi connectivity index (χ4v) is 5.21. The lowest BCUT2D eigenvalue weighted by molar-refractivity contribution is -0.140. The molecule has 1 aromatic carbocycles. The van der Waals surface area contributed by atoms with Crippen LogP contribution in [-0.2, 0) is 9.59 Å². The molecule has 1 heterocycles. The highest BCUT2D eigenvalue weighted by Crippen LogP contribution is 2.65. The molecule has 2 N–H and O–H groups in total. The summed E-state index contributed by atoms with van der Waals surface area (Å²) in [5, 5.41) is 24.5. The summed E-state index contributed by atoms with van der Waals surface area (Å²) < 4.78 is 0.391. The zero-order chi connectivity index (χ0) is 17.5. The molecule has 7 heteroatoms. The van der Waals surface area contributed by atoms with Gasteiger partial charge >= 0.3 is 0 Å². The minimum absolute atomic E-state index is 0.101. The van der Waals surface area contributed by atoms with Crippen molar-refractivity contribution in [1.82, 2.24) is 5.01 Å². The SMILES string of the molecule is O=C1[C@@H]2[C@H]3C=C[C@@H]([C@@H]4C[C@@H]34)[C@@H]2C(=O)N1/N=C\c1cc(Br)c(O)cc1O. The van der Waals surface area contributed by atoms with Crippen molar-refractivity contribution in [1.29, 1.82) is 0 Å². The Kier molecular flexibility index (Phi) is 2.99. The highest BCUT2D eigenvalue weighted by atomic mass is 79.9. The molecule has 6 nitrogen and oxygen atoms in total. The molecule has 0 radical (unpaired) electrons. The van der Waals surface area contributed by atoms with Gasteiger partial charge < -0.3 is 10.2 Å². The third-order valence-corrected chi connectivity index (χ3v) is 6.68. The number of amides is 2. The summed E-state index contributed by atoms with van der Waals surface area (Å²) in [7, 11) is 0.